The van der Waals surface area contributed by atoms with E-state index in [0.717, 1.165) is 27.6 Å². The molecule has 0 atom stereocenters. The third kappa shape index (κ3) is 4.16. The zero-order valence-electron chi connectivity index (χ0n) is 24.1. The van der Waals surface area contributed by atoms with Crippen LogP contribution in [0, 0.1) is 0 Å². The highest BCUT2D eigenvalue weighted by Crippen LogP contribution is 2.51. The molecule has 1 heterocycles. The third-order valence-corrected chi connectivity index (χ3v) is 8.74. The quantitative estimate of drug-likeness (QED) is 0.218. The lowest BCUT2D eigenvalue weighted by Gasteiger charge is -2.23. The van der Waals surface area contributed by atoms with Crippen LogP contribution in [0.25, 0.3) is 67.2 Å². The van der Waals surface area contributed by atoms with E-state index in [1.54, 1.807) is 0 Å². The summed E-state index contributed by atoms with van der Waals surface area (Å²) in [6.45, 7) is 4.66. The number of rotatable bonds is 4. The predicted molar refractivity (Wildman–Crippen MR) is 177 cm³/mol. The minimum Gasteiger partial charge on any atom is -0.208 e. The van der Waals surface area contributed by atoms with E-state index < -0.39 is 0 Å². The maximum Gasteiger partial charge on any atom is 0.164 e. The molecular weight excluding hydrogens is 522 g/mol. The molecule has 0 saturated heterocycles. The van der Waals surface area contributed by atoms with Crippen LogP contribution >= 0.6 is 0 Å². The van der Waals surface area contributed by atoms with Crippen molar-refractivity contribution >= 4 is 10.8 Å². The van der Waals surface area contributed by atoms with E-state index in [9.17, 15) is 0 Å². The number of benzene rings is 6. The standard InChI is InChI=1S/C40H29N3/c1-40(2)35-19-10-9-16-31(35)33-25-24-30-32(36(33)40)17-11-18-34(30)39-42-37(28-14-7-4-8-15-28)41-38(43-39)29-22-20-27(21-23-29)26-12-5-3-6-13-26/h3-25H,1-2H3. The minimum atomic E-state index is -0.107. The monoisotopic (exact) mass is 551 g/mol. The smallest absolute Gasteiger partial charge is 0.164 e. The average molecular weight is 552 g/mol. The van der Waals surface area contributed by atoms with Gasteiger partial charge in [-0.25, -0.2) is 15.0 Å². The molecule has 8 rings (SSSR count). The Balaban J connectivity index is 1.31. The van der Waals surface area contributed by atoms with E-state index in [0.29, 0.717) is 17.5 Å². The molecule has 3 heteroatoms. The van der Waals surface area contributed by atoms with Crippen molar-refractivity contribution in [3.05, 3.63) is 151 Å². The summed E-state index contributed by atoms with van der Waals surface area (Å²) in [6, 6.07) is 48.9. The van der Waals surface area contributed by atoms with Gasteiger partial charge in [0, 0.05) is 22.1 Å². The Bertz CT molecular complexity index is 2130. The summed E-state index contributed by atoms with van der Waals surface area (Å²) in [6.07, 6.45) is 0. The fraction of sp³-hybridized carbons (Fsp3) is 0.0750. The van der Waals surface area contributed by atoms with Crippen LogP contribution < -0.4 is 0 Å². The Kier molecular flexibility index (Phi) is 5.80. The molecule has 0 N–H and O–H groups in total. The van der Waals surface area contributed by atoms with E-state index in [4.69, 9.17) is 15.0 Å². The molecule has 43 heavy (non-hydrogen) atoms. The first-order valence-electron chi connectivity index (χ1n) is 14.7. The van der Waals surface area contributed by atoms with Crippen LogP contribution in [0.15, 0.2) is 140 Å². The molecule has 3 nitrogen and oxygen atoms in total. The van der Waals surface area contributed by atoms with Crippen LogP contribution in [-0.4, -0.2) is 15.0 Å². The Morgan fingerprint density at radius 1 is 0.372 bits per heavy atom. The minimum absolute atomic E-state index is 0.107. The first-order chi connectivity index (χ1) is 21.1. The summed E-state index contributed by atoms with van der Waals surface area (Å²) in [4.78, 5) is 15.1. The topological polar surface area (TPSA) is 38.7 Å². The van der Waals surface area contributed by atoms with Gasteiger partial charge in [0.25, 0.3) is 0 Å². The normalized spacial score (nSPS) is 13.1. The van der Waals surface area contributed by atoms with Crippen molar-refractivity contribution in [2.45, 2.75) is 19.3 Å². The molecule has 1 aliphatic carbocycles. The van der Waals surface area contributed by atoms with Crippen molar-refractivity contribution in [2.24, 2.45) is 0 Å². The molecule has 7 aromatic rings. The largest absolute Gasteiger partial charge is 0.208 e. The van der Waals surface area contributed by atoms with Gasteiger partial charge in [-0.05, 0) is 44.2 Å². The van der Waals surface area contributed by atoms with Gasteiger partial charge in [-0.3, -0.25) is 0 Å². The van der Waals surface area contributed by atoms with E-state index in [-0.39, 0.29) is 5.41 Å². The number of fused-ring (bicyclic) bond motifs is 5. The molecule has 0 aliphatic heterocycles. The van der Waals surface area contributed by atoms with Crippen molar-refractivity contribution in [2.75, 3.05) is 0 Å². The average Bonchev–Trinajstić information content (AvgIpc) is 3.31. The predicted octanol–water partition coefficient (Wildman–Crippen LogP) is 10.00. The number of hydrogen-bond acceptors (Lipinski definition) is 3. The molecule has 1 aromatic heterocycles. The van der Waals surface area contributed by atoms with Gasteiger partial charge < -0.3 is 0 Å². The van der Waals surface area contributed by atoms with Gasteiger partial charge in [-0.15, -0.1) is 0 Å². The summed E-state index contributed by atoms with van der Waals surface area (Å²) in [5, 5.41) is 2.39. The SMILES string of the molecule is CC1(C)c2ccccc2-c2ccc3c(-c4nc(-c5ccccc5)nc(-c5ccc(-c6ccccc6)cc5)n4)cccc3c21. The van der Waals surface area contributed by atoms with Gasteiger partial charge >= 0.3 is 0 Å². The van der Waals surface area contributed by atoms with Crippen LogP contribution in [0.5, 0.6) is 0 Å². The van der Waals surface area contributed by atoms with Crippen molar-refractivity contribution < 1.29 is 0 Å². The highest BCUT2D eigenvalue weighted by atomic mass is 15.0. The molecule has 0 spiro atoms. The van der Waals surface area contributed by atoms with Gasteiger partial charge in [0.05, 0.1) is 0 Å². The van der Waals surface area contributed by atoms with Crippen LogP contribution in [0.4, 0.5) is 0 Å². The molecule has 0 bridgehead atoms. The maximum absolute atomic E-state index is 5.10. The van der Waals surface area contributed by atoms with Crippen LogP contribution in [-0.2, 0) is 5.41 Å². The Morgan fingerprint density at radius 3 is 1.63 bits per heavy atom. The van der Waals surface area contributed by atoms with E-state index in [1.165, 1.54) is 33.2 Å². The van der Waals surface area contributed by atoms with Crippen LogP contribution in [0.2, 0.25) is 0 Å². The summed E-state index contributed by atoms with van der Waals surface area (Å²) in [5.41, 5.74) is 10.5. The number of aromatic nitrogens is 3. The fourth-order valence-corrected chi connectivity index (χ4v) is 6.63. The lowest BCUT2D eigenvalue weighted by molar-refractivity contribution is 0.666. The molecule has 204 valence electrons. The summed E-state index contributed by atoms with van der Waals surface area (Å²) >= 11 is 0. The number of hydrogen-bond donors (Lipinski definition) is 0. The van der Waals surface area contributed by atoms with Crippen LogP contribution in [0.1, 0.15) is 25.0 Å². The van der Waals surface area contributed by atoms with Crippen molar-refractivity contribution in [3.63, 3.8) is 0 Å². The first-order valence-corrected chi connectivity index (χ1v) is 14.7. The highest BCUT2D eigenvalue weighted by molar-refractivity contribution is 6.03. The molecule has 0 fully saturated rings. The van der Waals surface area contributed by atoms with E-state index in [2.05, 4.69) is 129 Å². The zero-order chi connectivity index (χ0) is 29.0. The van der Waals surface area contributed by atoms with Gasteiger partial charge in [-0.2, -0.15) is 0 Å². The maximum atomic E-state index is 5.10. The Hall–Kier alpha value is -5.41. The fourth-order valence-electron chi connectivity index (χ4n) is 6.63. The van der Waals surface area contributed by atoms with Gasteiger partial charge in [-0.1, -0.05) is 153 Å². The molecule has 1 aliphatic rings. The second kappa shape index (κ2) is 9.85. The number of nitrogens with zero attached hydrogens (tertiary/aromatic N) is 3. The van der Waals surface area contributed by atoms with Gasteiger partial charge in [0.1, 0.15) is 0 Å². The van der Waals surface area contributed by atoms with Crippen molar-refractivity contribution in [1.29, 1.82) is 0 Å². The zero-order valence-corrected chi connectivity index (χ0v) is 24.1. The van der Waals surface area contributed by atoms with Crippen LogP contribution in [0.3, 0.4) is 0 Å². The molecule has 0 amide bonds. The summed E-state index contributed by atoms with van der Waals surface area (Å²) in [7, 11) is 0. The van der Waals surface area contributed by atoms with E-state index >= 15 is 0 Å². The molecule has 6 aromatic carbocycles. The first kappa shape index (κ1) is 25.3. The summed E-state index contributed by atoms with van der Waals surface area (Å²) in [5.74, 6) is 2.00. The highest BCUT2D eigenvalue weighted by Gasteiger charge is 2.36. The van der Waals surface area contributed by atoms with Gasteiger partial charge in [0.15, 0.2) is 17.5 Å². The third-order valence-electron chi connectivity index (χ3n) is 8.74. The summed E-state index contributed by atoms with van der Waals surface area (Å²) < 4.78 is 0. The Morgan fingerprint density at radius 2 is 0.907 bits per heavy atom. The molecular formula is C40H29N3. The second-order valence-electron chi connectivity index (χ2n) is 11.7. The lowest BCUT2D eigenvalue weighted by atomic mass is 9.80. The molecule has 0 saturated carbocycles. The van der Waals surface area contributed by atoms with Crippen molar-refractivity contribution in [1.82, 2.24) is 15.0 Å². The van der Waals surface area contributed by atoms with E-state index in [1.807, 2.05) is 24.3 Å². The second-order valence-corrected chi connectivity index (χ2v) is 11.7. The van der Waals surface area contributed by atoms with Gasteiger partial charge in [0.2, 0.25) is 0 Å². The molecule has 0 radical (unpaired) electrons. The Labute approximate surface area is 251 Å². The van der Waals surface area contributed by atoms with Crippen molar-refractivity contribution in [3.8, 4) is 56.4 Å². The molecule has 0 unspecified atom stereocenters. The lowest BCUT2D eigenvalue weighted by Crippen LogP contribution is -2.15.